The highest BCUT2D eigenvalue weighted by Gasteiger charge is 2.10. The van der Waals surface area contributed by atoms with Crippen LogP contribution >= 0.6 is 0 Å². The van der Waals surface area contributed by atoms with E-state index in [0.717, 1.165) is 19.1 Å². The van der Waals surface area contributed by atoms with Crippen LogP contribution in [0.1, 0.15) is 52.9 Å². The molecule has 0 aromatic carbocycles. The van der Waals surface area contributed by atoms with E-state index in [0.29, 0.717) is 6.04 Å². The first-order valence-corrected chi connectivity index (χ1v) is 6.50. The summed E-state index contributed by atoms with van der Waals surface area (Å²) in [6.45, 7) is 8.74. The van der Waals surface area contributed by atoms with Gasteiger partial charge in [-0.3, -0.25) is 0 Å². The van der Waals surface area contributed by atoms with Crippen LogP contribution in [0.3, 0.4) is 0 Å². The molecule has 0 aliphatic rings. The predicted octanol–water partition coefficient (Wildman–Crippen LogP) is 3.22. The van der Waals surface area contributed by atoms with Crippen LogP contribution < -0.4 is 5.32 Å². The van der Waals surface area contributed by atoms with Gasteiger partial charge in [0.25, 0.3) is 0 Å². The van der Waals surface area contributed by atoms with E-state index in [9.17, 15) is 0 Å². The molecule has 1 atom stereocenters. The van der Waals surface area contributed by atoms with Crippen molar-refractivity contribution >= 4 is 0 Å². The Labute approximate surface area is 95.8 Å². The number of nitrogens with one attached hydrogen (secondary N) is 1. The maximum atomic E-state index is 5.24. The summed E-state index contributed by atoms with van der Waals surface area (Å²) < 4.78 is 5.24. The van der Waals surface area contributed by atoms with Crippen molar-refractivity contribution < 1.29 is 4.74 Å². The zero-order chi connectivity index (χ0) is 11.5. The van der Waals surface area contributed by atoms with Gasteiger partial charge in [-0.1, -0.05) is 33.6 Å². The summed E-state index contributed by atoms with van der Waals surface area (Å²) in [5.74, 6) is 0.896. The van der Waals surface area contributed by atoms with E-state index in [-0.39, 0.29) is 0 Å². The lowest BCUT2D eigenvalue weighted by molar-refractivity contribution is 0.158. The second kappa shape index (κ2) is 10.4. The third kappa shape index (κ3) is 7.80. The maximum Gasteiger partial charge on any atom is 0.0615 e. The van der Waals surface area contributed by atoms with E-state index < -0.39 is 0 Å². The molecule has 0 rings (SSSR count). The Hall–Kier alpha value is -0.0800. The minimum absolute atomic E-state index is 0.551. The normalized spacial score (nSPS) is 13.4. The monoisotopic (exact) mass is 215 g/mol. The van der Waals surface area contributed by atoms with Gasteiger partial charge in [-0.15, -0.1) is 0 Å². The van der Waals surface area contributed by atoms with Crippen molar-refractivity contribution in [2.24, 2.45) is 5.92 Å². The minimum Gasteiger partial charge on any atom is -0.383 e. The van der Waals surface area contributed by atoms with E-state index in [4.69, 9.17) is 4.74 Å². The number of hydrogen-bond donors (Lipinski definition) is 1. The predicted molar refractivity (Wildman–Crippen MR) is 67.3 cm³/mol. The smallest absolute Gasteiger partial charge is 0.0615 e. The summed E-state index contributed by atoms with van der Waals surface area (Å²) >= 11 is 0. The van der Waals surface area contributed by atoms with Gasteiger partial charge in [-0.05, 0) is 31.7 Å². The van der Waals surface area contributed by atoms with Gasteiger partial charge in [0, 0.05) is 13.2 Å². The molecule has 0 aliphatic carbocycles. The molecule has 0 aromatic heterocycles. The van der Waals surface area contributed by atoms with Gasteiger partial charge < -0.3 is 10.1 Å². The van der Waals surface area contributed by atoms with Crippen LogP contribution in [0.4, 0.5) is 0 Å². The third-order valence-electron chi connectivity index (χ3n) is 3.13. The van der Waals surface area contributed by atoms with Crippen molar-refractivity contribution in [2.45, 2.75) is 58.9 Å². The highest BCUT2D eigenvalue weighted by atomic mass is 16.5. The Kier molecular flexibility index (Phi) is 10.4. The zero-order valence-corrected chi connectivity index (χ0v) is 11.0. The molecule has 0 saturated carbocycles. The average Bonchev–Trinajstić information content (AvgIpc) is 2.27. The summed E-state index contributed by atoms with van der Waals surface area (Å²) in [4.78, 5) is 0. The van der Waals surface area contributed by atoms with Gasteiger partial charge in [0.15, 0.2) is 0 Å². The first-order chi connectivity index (χ1) is 7.28. The van der Waals surface area contributed by atoms with Gasteiger partial charge in [0.05, 0.1) is 6.61 Å². The van der Waals surface area contributed by atoms with Crippen molar-refractivity contribution in [3.63, 3.8) is 0 Å². The highest BCUT2D eigenvalue weighted by molar-refractivity contribution is 4.68. The van der Waals surface area contributed by atoms with Crippen LogP contribution in [0, 0.1) is 5.92 Å². The number of methoxy groups -OCH3 is 1. The highest BCUT2D eigenvalue weighted by Crippen LogP contribution is 2.16. The molecule has 0 amide bonds. The first-order valence-electron chi connectivity index (χ1n) is 6.50. The van der Waals surface area contributed by atoms with Crippen molar-refractivity contribution in [3.8, 4) is 0 Å². The SMILES string of the molecule is CCCNC(CCC(CC)CC)COC. The fraction of sp³-hybridized carbons (Fsp3) is 1.00. The Bertz CT molecular complexity index is 124. The molecule has 92 valence electrons. The average molecular weight is 215 g/mol. The zero-order valence-electron chi connectivity index (χ0n) is 11.0. The van der Waals surface area contributed by atoms with E-state index in [1.165, 1.54) is 32.1 Å². The summed E-state index contributed by atoms with van der Waals surface area (Å²) in [6, 6.07) is 0.551. The van der Waals surface area contributed by atoms with E-state index in [2.05, 4.69) is 26.1 Å². The van der Waals surface area contributed by atoms with Crippen molar-refractivity contribution in [3.05, 3.63) is 0 Å². The molecule has 0 aromatic rings. The Balaban J connectivity index is 3.72. The molecular weight excluding hydrogens is 186 g/mol. The van der Waals surface area contributed by atoms with Gasteiger partial charge in [0.2, 0.25) is 0 Å². The molecule has 0 heterocycles. The summed E-state index contributed by atoms with van der Waals surface area (Å²) in [5.41, 5.74) is 0. The second-order valence-electron chi connectivity index (χ2n) is 4.37. The van der Waals surface area contributed by atoms with E-state index in [1.807, 2.05) is 0 Å². The third-order valence-corrected chi connectivity index (χ3v) is 3.13. The molecule has 0 saturated heterocycles. The first kappa shape index (κ1) is 14.9. The quantitative estimate of drug-likeness (QED) is 0.604. The fourth-order valence-corrected chi connectivity index (χ4v) is 1.93. The van der Waals surface area contributed by atoms with Crippen LogP contribution in [0.15, 0.2) is 0 Å². The molecule has 1 N–H and O–H groups in total. The lowest BCUT2D eigenvalue weighted by Crippen LogP contribution is -2.34. The molecule has 0 radical (unpaired) electrons. The van der Waals surface area contributed by atoms with Crippen molar-refractivity contribution in [1.82, 2.24) is 5.32 Å². The van der Waals surface area contributed by atoms with E-state index in [1.54, 1.807) is 7.11 Å². The maximum absolute atomic E-state index is 5.24. The topological polar surface area (TPSA) is 21.3 Å². The summed E-state index contributed by atoms with van der Waals surface area (Å²) in [7, 11) is 1.79. The molecule has 1 unspecified atom stereocenters. The van der Waals surface area contributed by atoms with Gasteiger partial charge in [0.1, 0.15) is 0 Å². The van der Waals surface area contributed by atoms with Crippen molar-refractivity contribution in [1.29, 1.82) is 0 Å². The standard InChI is InChI=1S/C13H29NO/c1-5-10-14-13(11-15-4)9-8-12(6-2)7-3/h12-14H,5-11H2,1-4H3. The number of rotatable bonds is 10. The van der Waals surface area contributed by atoms with E-state index >= 15 is 0 Å². The van der Waals surface area contributed by atoms with Gasteiger partial charge in [-0.2, -0.15) is 0 Å². The molecule has 0 fully saturated rings. The molecule has 0 bridgehead atoms. The summed E-state index contributed by atoms with van der Waals surface area (Å²) in [5, 5.41) is 3.55. The minimum atomic E-state index is 0.551. The van der Waals surface area contributed by atoms with Crippen LogP contribution in [0.2, 0.25) is 0 Å². The largest absolute Gasteiger partial charge is 0.383 e. The van der Waals surface area contributed by atoms with Crippen LogP contribution in [-0.4, -0.2) is 26.3 Å². The van der Waals surface area contributed by atoms with Gasteiger partial charge >= 0.3 is 0 Å². The Morgan fingerprint density at radius 1 is 1.07 bits per heavy atom. The fourth-order valence-electron chi connectivity index (χ4n) is 1.93. The molecule has 15 heavy (non-hydrogen) atoms. The van der Waals surface area contributed by atoms with Crippen LogP contribution in [0.5, 0.6) is 0 Å². The lowest BCUT2D eigenvalue weighted by Gasteiger charge is -2.20. The summed E-state index contributed by atoms with van der Waals surface area (Å²) in [6.07, 6.45) is 6.40. The molecule has 0 aliphatic heterocycles. The molecular formula is C13H29NO. The molecule has 2 heteroatoms. The Morgan fingerprint density at radius 2 is 1.73 bits per heavy atom. The lowest BCUT2D eigenvalue weighted by atomic mass is 9.95. The van der Waals surface area contributed by atoms with Crippen molar-refractivity contribution in [2.75, 3.05) is 20.3 Å². The van der Waals surface area contributed by atoms with Crippen LogP contribution in [-0.2, 0) is 4.74 Å². The van der Waals surface area contributed by atoms with Crippen LogP contribution in [0.25, 0.3) is 0 Å². The van der Waals surface area contributed by atoms with Gasteiger partial charge in [-0.25, -0.2) is 0 Å². The Morgan fingerprint density at radius 3 is 2.20 bits per heavy atom. The molecule has 0 spiro atoms. The number of hydrogen-bond acceptors (Lipinski definition) is 2. The number of ether oxygens (including phenoxy) is 1. The molecule has 2 nitrogen and oxygen atoms in total. The second-order valence-corrected chi connectivity index (χ2v) is 4.37.